The highest BCUT2D eigenvalue weighted by atomic mass is 19.4. The van der Waals surface area contributed by atoms with Gasteiger partial charge in [0.25, 0.3) is 5.91 Å². The Morgan fingerprint density at radius 1 is 1.57 bits per heavy atom. The molecule has 1 amide bonds. The Hall–Kier alpha value is -1.83. The van der Waals surface area contributed by atoms with Crippen LogP contribution in [0.1, 0.15) is 17.3 Å². The van der Waals surface area contributed by atoms with Crippen molar-refractivity contribution in [3.63, 3.8) is 0 Å². The van der Waals surface area contributed by atoms with Crippen molar-refractivity contribution in [2.75, 3.05) is 26.3 Å². The van der Waals surface area contributed by atoms with Gasteiger partial charge in [0, 0.05) is 19.3 Å². The molecule has 8 heteroatoms. The fourth-order valence-corrected chi connectivity index (χ4v) is 1.99. The predicted molar refractivity (Wildman–Crippen MR) is 67.1 cm³/mol. The molecule has 2 rings (SSSR count). The highest BCUT2D eigenvalue weighted by Crippen LogP contribution is 2.22. The first-order valence-corrected chi connectivity index (χ1v) is 6.42. The van der Waals surface area contributed by atoms with Crippen LogP contribution in [-0.2, 0) is 4.74 Å². The minimum atomic E-state index is -4.48. The first-order valence-electron chi connectivity index (χ1n) is 6.42. The van der Waals surface area contributed by atoms with Crippen molar-refractivity contribution in [3.8, 4) is 5.88 Å². The number of aromatic nitrogens is 1. The summed E-state index contributed by atoms with van der Waals surface area (Å²) in [4.78, 5) is 17.6. The molecule has 0 aromatic carbocycles. The molecule has 0 N–H and O–H groups in total. The molecule has 1 aliphatic rings. The maximum atomic E-state index is 12.4. The fourth-order valence-electron chi connectivity index (χ4n) is 1.99. The van der Waals surface area contributed by atoms with E-state index >= 15 is 0 Å². The average Bonchev–Trinajstić information content (AvgIpc) is 2.44. The molecule has 5 nitrogen and oxygen atoms in total. The zero-order chi connectivity index (χ0) is 15.5. The van der Waals surface area contributed by atoms with Gasteiger partial charge in [0.05, 0.1) is 12.7 Å². The van der Waals surface area contributed by atoms with E-state index in [4.69, 9.17) is 4.74 Å². The Labute approximate surface area is 119 Å². The molecule has 0 aliphatic carbocycles. The van der Waals surface area contributed by atoms with Crippen molar-refractivity contribution < 1.29 is 27.4 Å². The van der Waals surface area contributed by atoms with Crippen LogP contribution in [-0.4, -0.2) is 54.4 Å². The summed E-state index contributed by atoms with van der Waals surface area (Å²) >= 11 is 0. The van der Waals surface area contributed by atoms with E-state index in [1.54, 1.807) is 0 Å². The molecule has 0 saturated carbocycles. The zero-order valence-corrected chi connectivity index (χ0v) is 11.4. The van der Waals surface area contributed by atoms with Gasteiger partial charge >= 0.3 is 6.18 Å². The molecule has 2 heterocycles. The van der Waals surface area contributed by atoms with Crippen molar-refractivity contribution in [2.24, 2.45) is 0 Å². The Morgan fingerprint density at radius 2 is 2.33 bits per heavy atom. The molecule has 1 saturated heterocycles. The second kappa shape index (κ2) is 6.30. The van der Waals surface area contributed by atoms with Gasteiger partial charge in [-0.05, 0) is 19.1 Å². The van der Waals surface area contributed by atoms with Crippen LogP contribution in [0.15, 0.2) is 18.3 Å². The number of rotatable bonds is 3. The summed E-state index contributed by atoms with van der Waals surface area (Å²) in [6, 6.07) is 2.89. The number of alkyl halides is 3. The predicted octanol–water partition coefficient (Wildman–Crippen LogP) is 1.88. The molecule has 1 aromatic rings. The minimum absolute atomic E-state index is 0.0239. The van der Waals surface area contributed by atoms with E-state index in [9.17, 15) is 18.0 Å². The first kappa shape index (κ1) is 15.6. The normalized spacial score (nSPS) is 19.4. The van der Waals surface area contributed by atoms with E-state index in [1.165, 1.54) is 23.2 Å². The lowest BCUT2D eigenvalue weighted by atomic mass is 10.2. The number of halogens is 3. The largest absolute Gasteiger partial charge is 0.467 e. The maximum Gasteiger partial charge on any atom is 0.422 e. The van der Waals surface area contributed by atoms with Crippen LogP contribution in [0.25, 0.3) is 0 Å². The molecule has 21 heavy (non-hydrogen) atoms. The van der Waals surface area contributed by atoms with Crippen LogP contribution in [0.5, 0.6) is 5.88 Å². The van der Waals surface area contributed by atoms with Crippen LogP contribution in [0.3, 0.4) is 0 Å². The van der Waals surface area contributed by atoms with E-state index in [0.717, 1.165) is 0 Å². The van der Waals surface area contributed by atoms with Crippen molar-refractivity contribution in [3.05, 3.63) is 23.9 Å². The molecule has 0 radical (unpaired) electrons. The van der Waals surface area contributed by atoms with Gasteiger partial charge in [-0.1, -0.05) is 0 Å². The molecular weight excluding hydrogens is 289 g/mol. The van der Waals surface area contributed by atoms with Crippen molar-refractivity contribution >= 4 is 5.91 Å². The zero-order valence-electron chi connectivity index (χ0n) is 11.4. The average molecular weight is 304 g/mol. The molecule has 1 aliphatic heterocycles. The van der Waals surface area contributed by atoms with Crippen LogP contribution in [0.2, 0.25) is 0 Å². The second-order valence-electron chi connectivity index (χ2n) is 4.69. The third kappa shape index (κ3) is 4.32. The van der Waals surface area contributed by atoms with Gasteiger partial charge in [0.2, 0.25) is 5.88 Å². The van der Waals surface area contributed by atoms with E-state index in [2.05, 4.69) is 9.72 Å². The monoisotopic (exact) mass is 304 g/mol. The Balaban J connectivity index is 2.13. The molecule has 1 aromatic heterocycles. The number of carbonyl (C=O) groups is 1. The lowest BCUT2D eigenvalue weighted by Gasteiger charge is -2.31. The standard InChI is InChI=1S/C13H15F3N2O3/c1-9-7-18(5-6-20-9)12(19)10-3-2-4-17-11(10)21-8-13(14,15)16/h2-4,9H,5-8H2,1H3. The fraction of sp³-hybridized carbons (Fsp3) is 0.538. The van der Waals surface area contributed by atoms with E-state index in [-0.39, 0.29) is 17.5 Å². The Bertz CT molecular complexity index is 508. The molecule has 1 atom stereocenters. The molecule has 1 fully saturated rings. The smallest absolute Gasteiger partial charge is 0.422 e. The van der Waals surface area contributed by atoms with Crippen LogP contribution in [0.4, 0.5) is 13.2 Å². The number of amides is 1. The lowest BCUT2D eigenvalue weighted by Crippen LogP contribution is -2.44. The number of morpholine rings is 1. The maximum absolute atomic E-state index is 12.4. The minimum Gasteiger partial charge on any atom is -0.467 e. The summed E-state index contributed by atoms with van der Waals surface area (Å²) in [6.07, 6.45) is -3.31. The summed E-state index contributed by atoms with van der Waals surface area (Å²) in [5.41, 5.74) is 0.0239. The van der Waals surface area contributed by atoms with E-state index in [0.29, 0.717) is 19.7 Å². The number of hydrogen-bond acceptors (Lipinski definition) is 4. The summed E-state index contributed by atoms with van der Waals surface area (Å²) in [6.45, 7) is 1.50. The van der Waals surface area contributed by atoms with E-state index < -0.39 is 18.7 Å². The van der Waals surface area contributed by atoms with Crippen LogP contribution >= 0.6 is 0 Å². The number of ether oxygens (including phenoxy) is 2. The molecule has 1 unspecified atom stereocenters. The summed E-state index contributed by atoms with van der Waals surface area (Å²) < 4.78 is 46.6. The topological polar surface area (TPSA) is 51.7 Å². The molecule has 0 bridgehead atoms. The van der Waals surface area contributed by atoms with Crippen molar-refractivity contribution in [1.82, 2.24) is 9.88 Å². The SMILES string of the molecule is CC1CN(C(=O)c2cccnc2OCC(F)(F)F)CCO1. The molecule has 116 valence electrons. The quantitative estimate of drug-likeness (QED) is 0.855. The molecular formula is C13H15F3N2O3. The highest BCUT2D eigenvalue weighted by molar-refractivity contribution is 5.96. The Morgan fingerprint density at radius 3 is 3.00 bits per heavy atom. The number of pyridine rings is 1. The van der Waals surface area contributed by atoms with Crippen LogP contribution in [0, 0.1) is 0 Å². The number of hydrogen-bond donors (Lipinski definition) is 0. The highest BCUT2D eigenvalue weighted by Gasteiger charge is 2.30. The number of nitrogens with zero attached hydrogens (tertiary/aromatic N) is 2. The third-order valence-corrected chi connectivity index (χ3v) is 2.90. The van der Waals surface area contributed by atoms with Crippen LogP contribution < -0.4 is 4.74 Å². The van der Waals surface area contributed by atoms with Crippen molar-refractivity contribution in [2.45, 2.75) is 19.2 Å². The number of carbonyl (C=O) groups excluding carboxylic acids is 1. The van der Waals surface area contributed by atoms with Gasteiger partial charge in [-0.2, -0.15) is 13.2 Å². The summed E-state index contributed by atoms with van der Waals surface area (Å²) in [5.74, 6) is -0.714. The Kier molecular flexibility index (Phi) is 4.66. The van der Waals surface area contributed by atoms with E-state index in [1.807, 2.05) is 6.92 Å². The van der Waals surface area contributed by atoms with Crippen molar-refractivity contribution in [1.29, 1.82) is 0 Å². The van der Waals surface area contributed by atoms with Gasteiger partial charge in [0.15, 0.2) is 6.61 Å². The second-order valence-corrected chi connectivity index (χ2v) is 4.69. The third-order valence-electron chi connectivity index (χ3n) is 2.90. The molecule has 0 spiro atoms. The first-order chi connectivity index (χ1) is 9.87. The van der Waals surface area contributed by atoms with Gasteiger partial charge in [-0.15, -0.1) is 0 Å². The summed E-state index contributed by atoms with van der Waals surface area (Å²) in [5, 5.41) is 0. The van der Waals surface area contributed by atoms with Gasteiger partial charge < -0.3 is 14.4 Å². The summed E-state index contributed by atoms with van der Waals surface area (Å²) in [7, 11) is 0. The van der Waals surface area contributed by atoms with Gasteiger partial charge in [0.1, 0.15) is 5.56 Å². The lowest BCUT2D eigenvalue weighted by molar-refractivity contribution is -0.154. The van der Waals surface area contributed by atoms with Gasteiger partial charge in [-0.3, -0.25) is 4.79 Å². The van der Waals surface area contributed by atoms with Gasteiger partial charge in [-0.25, -0.2) is 4.98 Å².